The molecule has 60 valence electrons. The third kappa shape index (κ3) is 0.979. The summed E-state index contributed by atoms with van der Waals surface area (Å²) in [6.07, 6.45) is 1.12. The highest BCUT2D eigenvalue weighted by atomic mass is 16.3. The van der Waals surface area contributed by atoms with E-state index in [9.17, 15) is 5.11 Å². The van der Waals surface area contributed by atoms with Crippen LogP contribution in [0.4, 0.5) is 0 Å². The molecule has 11 heavy (non-hydrogen) atoms. The molecule has 0 spiro atoms. The van der Waals surface area contributed by atoms with E-state index in [1.807, 2.05) is 6.92 Å². The highest BCUT2D eigenvalue weighted by molar-refractivity contribution is 5.83. The number of aliphatic hydroxyl groups is 1. The number of aliphatic imine (C=N–C) groups is 1. The van der Waals surface area contributed by atoms with Crippen LogP contribution in [0.2, 0.25) is 0 Å². The molecular weight excluding hydrogens is 144 g/mol. The van der Waals surface area contributed by atoms with E-state index in [4.69, 9.17) is 0 Å². The highest BCUT2D eigenvalue weighted by Gasteiger charge is 2.25. The van der Waals surface area contributed by atoms with E-state index in [-0.39, 0.29) is 0 Å². The first-order chi connectivity index (χ1) is 5.27. The Hall–Kier alpha value is -1.07. The minimum Gasteiger partial charge on any atom is -0.368 e. The predicted molar refractivity (Wildman–Crippen MR) is 40.2 cm³/mol. The second-order valence-corrected chi connectivity index (χ2v) is 2.56. The molecule has 0 amide bonds. The van der Waals surface area contributed by atoms with Crippen molar-refractivity contribution >= 4 is 5.96 Å². The first-order valence-corrected chi connectivity index (χ1v) is 3.48. The summed E-state index contributed by atoms with van der Waals surface area (Å²) in [5, 5.41) is 14.0. The Kier molecular flexibility index (Phi) is 1.33. The lowest BCUT2D eigenvalue weighted by atomic mass is 10.3. The van der Waals surface area contributed by atoms with Gasteiger partial charge in [0.2, 0.25) is 5.96 Å². The van der Waals surface area contributed by atoms with Crippen LogP contribution in [-0.2, 0) is 0 Å². The first-order valence-electron chi connectivity index (χ1n) is 3.48. The summed E-state index contributed by atoms with van der Waals surface area (Å²) in [5.41, 5.74) is 3.83. The van der Waals surface area contributed by atoms with Gasteiger partial charge in [-0.3, -0.25) is 0 Å². The molecule has 0 saturated heterocycles. The van der Waals surface area contributed by atoms with Crippen LogP contribution in [0.25, 0.3) is 0 Å². The topological polar surface area (TPSA) is 59.9 Å². The van der Waals surface area contributed by atoms with E-state index < -0.39 is 6.23 Å². The van der Waals surface area contributed by atoms with Crippen molar-refractivity contribution < 1.29 is 5.11 Å². The molecule has 0 aromatic carbocycles. The molecule has 0 bridgehead atoms. The van der Waals surface area contributed by atoms with E-state index in [1.54, 1.807) is 11.1 Å². The summed E-state index contributed by atoms with van der Waals surface area (Å²) in [6, 6.07) is 0. The quantitative estimate of drug-likeness (QED) is 0.416. The average Bonchev–Trinajstić information content (AvgIpc) is 2.34. The van der Waals surface area contributed by atoms with E-state index >= 15 is 0 Å². The minimum absolute atomic E-state index is 0.528. The summed E-state index contributed by atoms with van der Waals surface area (Å²) >= 11 is 0. The van der Waals surface area contributed by atoms with Gasteiger partial charge in [0.25, 0.3) is 0 Å². The molecule has 1 atom stereocenters. The monoisotopic (exact) mass is 154 g/mol. The van der Waals surface area contributed by atoms with Gasteiger partial charge in [-0.1, -0.05) is 0 Å². The Morgan fingerprint density at radius 2 is 2.64 bits per heavy atom. The van der Waals surface area contributed by atoms with Crippen LogP contribution in [0.5, 0.6) is 0 Å². The average molecular weight is 154 g/mol. The van der Waals surface area contributed by atoms with Crippen LogP contribution < -0.4 is 10.7 Å². The van der Waals surface area contributed by atoms with Crippen molar-refractivity contribution in [1.29, 1.82) is 0 Å². The van der Waals surface area contributed by atoms with Gasteiger partial charge in [-0.25, -0.2) is 15.4 Å². The number of hydrogen-bond donors (Lipinski definition) is 3. The van der Waals surface area contributed by atoms with Crippen molar-refractivity contribution in [2.75, 3.05) is 6.67 Å². The Balaban J connectivity index is 2.27. The van der Waals surface area contributed by atoms with Crippen LogP contribution in [0, 0.1) is 0 Å². The maximum Gasteiger partial charge on any atom is 0.216 e. The molecule has 0 aromatic rings. The lowest BCUT2D eigenvalue weighted by Crippen LogP contribution is -2.52. The summed E-state index contributed by atoms with van der Waals surface area (Å²) in [4.78, 5) is 4.08. The van der Waals surface area contributed by atoms with Crippen LogP contribution in [-0.4, -0.2) is 29.0 Å². The molecule has 2 aliphatic rings. The van der Waals surface area contributed by atoms with Crippen LogP contribution >= 0.6 is 0 Å². The number of guanidine groups is 1. The number of nitrogens with zero attached hydrogens (tertiary/aromatic N) is 2. The third-order valence-electron chi connectivity index (χ3n) is 1.67. The van der Waals surface area contributed by atoms with Gasteiger partial charge in [-0.05, 0) is 13.0 Å². The van der Waals surface area contributed by atoms with Gasteiger partial charge >= 0.3 is 0 Å². The van der Waals surface area contributed by atoms with E-state index in [1.165, 1.54) is 0 Å². The van der Waals surface area contributed by atoms with Crippen LogP contribution in [0.15, 0.2) is 16.8 Å². The zero-order valence-corrected chi connectivity index (χ0v) is 6.20. The minimum atomic E-state index is -0.600. The Labute approximate surface area is 64.4 Å². The Bertz CT molecular complexity index is 235. The fourth-order valence-electron chi connectivity index (χ4n) is 1.17. The van der Waals surface area contributed by atoms with Crippen molar-refractivity contribution in [2.45, 2.75) is 13.2 Å². The van der Waals surface area contributed by atoms with Crippen molar-refractivity contribution in [3.8, 4) is 0 Å². The summed E-state index contributed by atoms with van der Waals surface area (Å²) in [6.45, 7) is 2.42. The molecule has 3 N–H and O–H groups in total. The van der Waals surface area contributed by atoms with Crippen molar-refractivity contribution in [2.24, 2.45) is 4.99 Å². The molecule has 0 saturated carbocycles. The maximum atomic E-state index is 9.42. The SMILES string of the molecule is CC1=CC(O)N2NCN=C2N1. The van der Waals surface area contributed by atoms with E-state index in [0.29, 0.717) is 12.6 Å². The van der Waals surface area contributed by atoms with Crippen LogP contribution in [0.1, 0.15) is 6.92 Å². The largest absolute Gasteiger partial charge is 0.368 e. The third-order valence-corrected chi connectivity index (χ3v) is 1.67. The number of hydrogen-bond acceptors (Lipinski definition) is 5. The molecule has 0 aromatic heterocycles. The molecule has 5 heteroatoms. The number of allylic oxidation sites excluding steroid dienone is 1. The molecule has 2 heterocycles. The number of rotatable bonds is 0. The van der Waals surface area contributed by atoms with Gasteiger partial charge in [-0.15, -0.1) is 0 Å². The highest BCUT2D eigenvalue weighted by Crippen LogP contribution is 2.08. The lowest BCUT2D eigenvalue weighted by molar-refractivity contribution is 0.0634. The van der Waals surface area contributed by atoms with Gasteiger partial charge in [0.1, 0.15) is 6.67 Å². The van der Waals surface area contributed by atoms with Crippen LogP contribution in [0.3, 0.4) is 0 Å². The number of aliphatic hydroxyl groups excluding tert-OH is 1. The van der Waals surface area contributed by atoms with Crippen molar-refractivity contribution in [1.82, 2.24) is 15.8 Å². The fraction of sp³-hybridized carbons (Fsp3) is 0.500. The van der Waals surface area contributed by atoms with E-state index in [2.05, 4.69) is 15.7 Å². The molecule has 2 aliphatic heterocycles. The van der Waals surface area contributed by atoms with E-state index in [0.717, 1.165) is 5.70 Å². The molecule has 0 radical (unpaired) electrons. The normalized spacial score (nSPS) is 28.9. The number of fused-ring (bicyclic) bond motifs is 1. The molecule has 2 rings (SSSR count). The molecule has 1 unspecified atom stereocenters. The standard InChI is InChI=1S/C6H10N4O/c1-4-2-5(11)10-6(9-4)7-3-8-10/h2,5,8,11H,3H2,1H3,(H,7,9). The van der Waals surface area contributed by atoms with Gasteiger partial charge < -0.3 is 10.4 Å². The number of nitrogens with one attached hydrogen (secondary N) is 2. The summed E-state index contributed by atoms with van der Waals surface area (Å²) in [5.74, 6) is 0.692. The lowest BCUT2D eigenvalue weighted by Gasteiger charge is -2.28. The molecule has 0 aliphatic carbocycles. The second kappa shape index (κ2) is 2.21. The van der Waals surface area contributed by atoms with Gasteiger partial charge in [0.15, 0.2) is 6.23 Å². The van der Waals surface area contributed by atoms with Gasteiger partial charge in [0.05, 0.1) is 0 Å². The smallest absolute Gasteiger partial charge is 0.216 e. The van der Waals surface area contributed by atoms with Gasteiger partial charge in [-0.2, -0.15) is 0 Å². The Morgan fingerprint density at radius 3 is 3.45 bits per heavy atom. The summed E-state index contributed by atoms with van der Waals surface area (Å²) in [7, 11) is 0. The van der Waals surface area contributed by atoms with Crippen molar-refractivity contribution in [3.63, 3.8) is 0 Å². The Morgan fingerprint density at radius 1 is 1.82 bits per heavy atom. The molecule has 5 nitrogen and oxygen atoms in total. The zero-order chi connectivity index (χ0) is 7.84. The fourth-order valence-corrected chi connectivity index (χ4v) is 1.17. The second-order valence-electron chi connectivity index (χ2n) is 2.56. The van der Waals surface area contributed by atoms with Gasteiger partial charge in [0, 0.05) is 5.70 Å². The summed E-state index contributed by atoms with van der Waals surface area (Å²) < 4.78 is 0. The molecular formula is C6H10N4O. The number of hydrazine groups is 1. The maximum absolute atomic E-state index is 9.42. The first kappa shape index (κ1) is 6.63. The predicted octanol–water partition coefficient (Wildman–Crippen LogP) is -1.05. The van der Waals surface area contributed by atoms with Crippen molar-refractivity contribution in [3.05, 3.63) is 11.8 Å². The molecule has 0 fully saturated rings. The zero-order valence-electron chi connectivity index (χ0n) is 6.20.